The Labute approximate surface area is 185 Å². The van der Waals surface area contributed by atoms with Crippen molar-refractivity contribution in [1.82, 2.24) is 14.9 Å². The molecule has 0 bridgehead atoms. The van der Waals surface area contributed by atoms with Gasteiger partial charge in [-0.3, -0.25) is 9.78 Å². The van der Waals surface area contributed by atoms with Crippen LogP contribution in [-0.2, 0) is 0 Å². The summed E-state index contributed by atoms with van der Waals surface area (Å²) in [5.41, 5.74) is 3.70. The number of para-hydroxylation sites is 2. The molecule has 2 aliphatic heterocycles. The molecule has 0 saturated carbocycles. The first-order valence-corrected chi connectivity index (χ1v) is 11.5. The van der Waals surface area contributed by atoms with Crippen LogP contribution >= 0.6 is 11.3 Å². The summed E-state index contributed by atoms with van der Waals surface area (Å²) >= 11 is 1.68. The minimum absolute atomic E-state index is 0.149. The molecular formula is C25H22N4OS. The average molecular weight is 427 g/mol. The van der Waals surface area contributed by atoms with E-state index in [1.165, 1.54) is 0 Å². The molecule has 154 valence electrons. The normalized spacial score (nSPS) is 20.4. The van der Waals surface area contributed by atoms with E-state index in [1.807, 2.05) is 59.6 Å². The van der Waals surface area contributed by atoms with E-state index in [0.717, 1.165) is 59.0 Å². The lowest BCUT2D eigenvalue weighted by atomic mass is 10.0. The fourth-order valence-corrected chi connectivity index (χ4v) is 5.70. The Kier molecular flexibility index (Phi) is 4.46. The lowest BCUT2D eigenvalue weighted by Gasteiger charge is -2.23. The van der Waals surface area contributed by atoms with Crippen molar-refractivity contribution in [3.63, 3.8) is 0 Å². The molecule has 5 nitrogen and oxygen atoms in total. The smallest absolute Gasteiger partial charge is 0.254 e. The fourth-order valence-electron chi connectivity index (χ4n) is 4.93. The number of anilines is 1. The summed E-state index contributed by atoms with van der Waals surface area (Å²) in [5, 5.41) is 2.06. The third kappa shape index (κ3) is 3.27. The van der Waals surface area contributed by atoms with Crippen LogP contribution in [0, 0.1) is 11.8 Å². The fraction of sp³-hybridized carbons (Fsp3) is 0.240. The molecule has 0 N–H and O–H groups in total. The quantitative estimate of drug-likeness (QED) is 0.482. The van der Waals surface area contributed by atoms with Gasteiger partial charge in [0.2, 0.25) is 0 Å². The molecule has 2 unspecified atom stereocenters. The van der Waals surface area contributed by atoms with E-state index >= 15 is 0 Å². The van der Waals surface area contributed by atoms with Crippen molar-refractivity contribution in [2.45, 2.75) is 0 Å². The highest BCUT2D eigenvalue weighted by molar-refractivity contribution is 7.13. The Morgan fingerprint density at radius 2 is 1.61 bits per heavy atom. The Morgan fingerprint density at radius 1 is 0.871 bits per heavy atom. The maximum absolute atomic E-state index is 13.4. The van der Waals surface area contributed by atoms with Crippen molar-refractivity contribution < 1.29 is 4.79 Å². The molecule has 2 fully saturated rings. The summed E-state index contributed by atoms with van der Waals surface area (Å²) in [6.45, 7) is 3.46. The molecule has 2 aliphatic rings. The standard InChI is InChI=1S/C25H22N4OS/c30-25(20-7-2-1-6-19(20)23-10-5-11-31-23)29-15-17-13-28(14-18(17)16-29)24-12-26-21-8-3-4-9-22(21)27-24/h1-12,17-18H,13-16H2. The molecule has 2 atom stereocenters. The van der Waals surface area contributed by atoms with Gasteiger partial charge in [-0.15, -0.1) is 11.3 Å². The Bertz CT molecular complexity index is 1240. The molecule has 4 heterocycles. The van der Waals surface area contributed by atoms with Crippen LogP contribution in [0.3, 0.4) is 0 Å². The molecule has 4 aromatic rings. The van der Waals surface area contributed by atoms with Crippen molar-refractivity contribution in [3.8, 4) is 10.4 Å². The third-order valence-electron chi connectivity index (χ3n) is 6.48. The zero-order chi connectivity index (χ0) is 20.8. The third-order valence-corrected chi connectivity index (χ3v) is 7.38. The van der Waals surface area contributed by atoms with E-state index in [9.17, 15) is 4.79 Å². The molecule has 0 aliphatic carbocycles. The van der Waals surface area contributed by atoms with E-state index in [4.69, 9.17) is 4.98 Å². The molecular weight excluding hydrogens is 404 g/mol. The second kappa shape index (κ2) is 7.46. The predicted octanol–water partition coefficient (Wildman–Crippen LogP) is 4.57. The number of carbonyl (C=O) groups excluding carboxylic acids is 1. The van der Waals surface area contributed by atoms with Crippen LogP contribution in [0.25, 0.3) is 21.5 Å². The van der Waals surface area contributed by atoms with Crippen LogP contribution in [0.5, 0.6) is 0 Å². The molecule has 1 amide bonds. The first-order chi connectivity index (χ1) is 15.3. The predicted molar refractivity (Wildman–Crippen MR) is 124 cm³/mol. The van der Waals surface area contributed by atoms with Gasteiger partial charge >= 0.3 is 0 Å². The lowest BCUT2D eigenvalue weighted by molar-refractivity contribution is 0.0783. The zero-order valence-corrected chi connectivity index (χ0v) is 17.8. The van der Waals surface area contributed by atoms with Crippen LogP contribution in [0.4, 0.5) is 5.82 Å². The van der Waals surface area contributed by atoms with E-state index in [0.29, 0.717) is 11.8 Å². The summed E-state index contributed by atoms with van der Waals surface area (Å²) in [6, 6.07) is 20.1. The number of carbonyl (C=O) groups is 1. The van der Waals surface area contributed by atoms with Gasteiger partial charge in [0.15, 0.2) is 0 Å². The summed E-state index contributed by atoms with van der Waals surface area (Å²) in [6.07, 6.45) is 1.88. The lowest BCUT2D eigenvalue weighted by Crippen LogP contribution is -2.33. The van der Waals surface area contributed by atoms with Gasteiger partial charge in [0.1, 0.15) is 5.82 Å². The Balaban J connectivity index is 1.19. The van der Waals surface area contributed by atoms with Gasteiger partial charge in [0.25, 0.3) is 5.91 Å². The summed E-state index contributed by atoms with van der Waals surface area (Å²) in [5.74, 6) is 2.04. The topological polar surface area (TPSA) is 49.3 Å². The summed E-state index contributed by atoms with van der Waals surface area (Å²) in [4.78, 5) is 28.3. The monoisotopic (exact) mass is 426 g/mol. The molecule has 2 aromatic heterocycles. The number of hydrogen-bond donors (Lipinski definition) is 0. The van der Waals surface area contributed by atoms with Crippen LogP contribution in [0.1, 0.15) is 10.4 Å². The Morgan fingerprint density at radius 3 is 2.39 bits per heavy atom. The number of fused-ring (bicyclic) bond motifs is 2. The van der Waals surface area contributed by atoms with E-state index in [-0.39, 0.29) is 5.91 Å². The molecule has 6 heteroatoms. The van der Waals surface area contributed by atoms with Crippen LogP contribution in [0.2, 0.25) is 0 Å². The number of likely N-dealkylation sites (tertiary alicyclic amines) is 1. The number of nitrogens with zero attached hydrogens (tertiary/aromatic N) is 4. The minimum atomic E-state index is 0.149. The maximum Gasteiger partial charge on any atom is 0.254 e. The number of benzene rings is 2. The molecule has 31 heavy (non-hydrogen) atoms. The molecule has 6 rings (SSSR count). The van der Waals surface area contributed by atoms with Gasteiger partial charge in [-0.05, 0) is 29.6 Å². The Hall–Kier alpha value is -3.25. The second-order valence-corrected chi connectivity index (χ2v) is 9.32. The highest BCUT2D eigenvalue weighted by Gasteiger charge is 2.42. The first-order valence-electron chi connectivity index (χ1n) is 10.7. The zero-order valence-electron chi connectivity index (χ0n) is 17.0. The molecule has 0 spiro atoms. The van der Waals surface area contributed by atoms with E-state index < -0.39 is 0 Å². The number of thiophene rings is 1. The van der Waals surface area contributed by atoms with Gasteiger partial charge in [-0.1, -0.05) is 36.4 Å². The van der Waals surface area contributed by atoms with Crippen LogP contribution in [0.15, 0.2) is 72.2 Å². The van der Waals surface area contributed by atoms with Crippen molar-refractivity contribution in [1.29, 1.82) is 0 Å². The minimum Gasteiger partial charge on any atom is -0.355 e. The van der Waals surface area contributed by atoms with Crippen LogP contribution < -0.4 is 4.90 Å². The van der Waals surface area contributed by atoms with Crippen molar-refractivity contribution in [3.05, 3.63) is 77.8 Å². The SMILES string of the molecule is O=C(c1ccccc1-c1cccs1)N1CC2CN(c3cnc4ccccc4n3)CC2C1. The van der Waals surface area contributed by atoms with Crippen LogP contribution in [-0.4, -0.2) is 47.0 Å². The highest BCUT2D eigenvalue weighted by atomic mass is 32.1. The van der Waals surface area contributed by atoms with Gasteiger partial charge in [-0.2, -0.15) is 0 Å². The van der Waals surface area contributed by atoms with E-state index in [2.05, 4.69) is 27.4 Å². The second-order valence-electron chi connectivity index (χ2n) is 8.38. The average Bonchev–Trinajstić information content (AvgIpc) is 3.55. The largest absolute Gasteiger partial charge is 0.355 e. The van der Waals surface area contributed by atoms with Gasteiger partial charge < -0.3 is 9.80 Å². The van der Waals surface area contributed by atoms with E-state index in [1.54, 1.807) is 11.3 Å². The summed E-state index contributed by atoms with van der Waals surface area (Å²) < 4.78 is 0. The first kappa shape index (κ1) is 18.5. The van der Waals surface area contributed by atoms with Gasteiger partial charge in [-0.25, -0.2) is 4.98 Å². The summed E-state index contributed by atoms with van der Waals surface area (Å²) in [7, 11) is 0. The molecule has 0 radical (unpaired) electrons. The molecule has 2 saturated heterocycles. The number of rotatable bonds is 3. The number of aromatic nitrogens is 2. The molecule has 2 aromatic carbocycles. The van der Waals surface area contributed by atoms with Gasteiger partial charge in [0.05, 0.1) is 17.2 Å². The van der Waals surface area contributed by atoms with Gasteiger partial charge in [0, 0.05) is 54.0 Å². The highest BCUT2D eigenvalue weighted by Crippen LogP contribution is 2.35. The van der Waals surface area contributed by atoms with Crippen molar-refractivity contribution >= 4 is 34.1 Å². The number of amides is 1. The van der Waals surface area contributed by atoms with Crippen molar-refractivity contribution in [2.75, 3.05) is 31.1 Å². The van der Waals surface area contributed by atoms with Crippen molar-refractivity contribution in [2.24, 2.45) is 11.8 Å². The number of hydrogen-bond acceptors (Lipinski definition) is 5. The maximum atomic E-state index is 13.4.